The van der Waals surface area contributed by atoms with Crippen molar-refractivity contribution < 1.29 is 4.79 Å². The molecule has 0 heterocycles. The summed E-state index contributed by atoms with van der Waals surface area (Å²) < 4.78 is 0. The molecule has 1 saturated carbocycles. The van der Waals surface area contributed by atoms with Crippen LogP contribution in [-0.4, -0.2) is 23.9 Å². The number of carbonyl (C=O) groups is 1. The highest BCUT2D eigenvalue weighted by atomic mass is 16.2. The predicted molar refractivity (Wildman–Crippen MR) is 86.5 cm³/mol. The highest BCUT2D eigenvalue weighted by Gasteiger charge is 2.25. The maximum atomic E-state index is 12.0. The summed E-state index contributed by atoms with van der Waals surface area (Å²) in [6.07, 6.45) is 12.7. The molecule has 0 radical (unpaired) electrons. The molecule has 0 saturated heterocycles. The van der Waals surface area contributed by atoms with Gasteiger partial charge in [0.15, 0.2) is 0 Å². The largest absolute Gasteiger partial charge is 0.335 e. The summed E-state index contributed by atoms with van der Waals surface area (Å²) >= 11 is 0. The predicted octanol–water partition coefficient (Wildman–Crippen LogP) is 4.49. The quantitative estimate of drug-likeness (QED) is 0.472. The van der Waals surface area contributed by atoms with Crippen molar-refractivity contribution in [1.29, 1.82) is 0 Å². The van der Waals surface area contributed by atoms with E-state index in [1.165, 1.54) is 24.0 Å². The highest BCUT2D eigenvalue weighted by Crippen LogP contribution is 2.29. The number of nitrogens with zero attached hydrogens (tertiary/aromatic N) is 1. The molecule has 2 heteroatoms. The molecule has 1 fully saturated rings. The fourth-order valence-corrected chi connectivity index (χ4v) is 2.07. The first-order valence-electron chi connectivity index (χ1n) is 7.73. The Morgan fingerprint density at radius 1 is 1.20 bits per heavy atom. The average Bonchev–Trinajstić information content (AvgIpc) is 3.18. The van der Waals surface area contributed by atoms with E-state index in [4.69, 9.17) is 0 Å². The summed E-state index contributed by atoms with van der Waals surface area (Å²) in [6.45, 7) is 9.99. The number of hydrogen-bond acceptors (Lipinski definition) is 1. The second-order valence-corrected chi connectivity index (χ2v) is 6.06. The summed E-state index contributed by atoms with van der Waals surface area (Å²) in [5.74, 6) is 0.885. The maximum absolute atomic E-state index is 12.0. The van der Waals surface area contributed by atoms with Crippen LogP contribution in [0.2, 0.25) is 0 Å². The highest BCUT2D eigenvalue weighted by molar-refractivity contribution is 5.87. The lowest BCUT2D eigenvalue weighted by atomic mass is 10.1. The van der Waals surface area contributed by atoms with Crippen LogP contribution in [0.4, 0.5) is 0 Å². The van der Waals surface area contributed by atoms with Gasteiger partial charge in [0.1, 0.15) is 0 Å². The molecule has 112 valence electrons. The Morgan fingerprint density at radius 3 is 2.45 bits per heavy atom. The van der Waals surface area contributed by atoms with Crippen molar-refractivity contribution in [1.82, 2.24) is 4.90 Å². The van der Waals surface area contributed by atoms with E-state index in [1.807, 2.05) is 17.9 Å². The van der Waals surface area contributed by atoms with Crippen LogP contribution in [0.15, 0.2) is 35.5 Å². The van der Waals surface area contributed by atoms with Gasteiger partial charge in [-0.25, -0.2) is 0 Å². The first-order chi connectivity index (χ1) is 9.52. The van der Waals surface area contributed by atoms with E-state index in [-0.39, 0.29) is 5.91 Å². The van der Waals surface area contributed by atoms with Gasteiger partial charge in [-0.05, 0) is 65.4 Å². The number of allylic oxidation sites excluding steroid dienone is 4. The van der Waals surface area contributed by atoms with Crippen molar-refractivity contribution >= 4 is 5.91 Å². The molecular weight excluding hydrogens is 246 g/mol. The Bertz CT molecular complexity index is 396. The number of carbonyl (C=O) groups excluding carboxylic acids is 1. The van der Waals surface area contributed by atoms with Gasteiger partial charge in [-0.2, -0.15) is 0 Å². The molecule has 0 unspecified atom stereocenters. The van der Waals surface area contributed by atoms with Gasteiger partial charge in [-0.1, -0.05) is 29.4 Å². The van der Waals surface area contributed by atoms with E-state index < -0.39 is 0 Å². The third kappa shape index (κ3) is 7.32. The van der Waals surface area contributed by atoms with Gasteiger partial charge < -0.3 is 4.90 Å². The Balaban J connectivity index is 2.46. The van der Waals surface area contributed by atoms with E-state index in [0.717, 1.165) is 31.8 Å². The minimum Gasteiger partial charge on any atom is -0.335 e. The number of amides is 1. The number of rotatable bonds is 8. The van der Waals surface area contributed by atoms with Crippen LogP contribution in [0, 0.1) is 5.92 Å². The molecule has 1 aliphatic rings. The lowest BCUT2D eigenvalue weighted by Gasteiger charge is -2.19. The topological polar surface area (TPSA) is 20.3 Å². The van der Waals surface area contributed by atoms with Gasteiger partial charge >= 0.3 is 0 Å². The van der Waals surface area contributed by atoms with Crippen LogP contribution in [0.25, 0.3) is 0 Å². The SMILES string of the molecule is C/C=C/C(=O)N(C/C=C(\C)CCC=C(C)C)CC1CC1. The van der Waals surface area contributed by atoms with E-state index in [9.17, 15) is 4.79 Å². The molecule has 0 atom stereocenters. The van der Waals surface area contributed by atoms with Crippen molar-refractivity contribution in [3.05, 3.63) is 35.5 Å². The molecule has 1 aliphatic carbocycles. The van der Waals surface area contributed by atoms with Gasteiger partial charge in [-0.15, -0.1) is 0 Å². The van der Waals surface area contributed by atoms with Crippen molar-refractivity contribution in [2.24, 2.45) is 5.92 Å². The van der Waals surface area contributed by atoms with Crippen molar-refractivity contribution in [3.8, 4) is 0 Å². The second-order valence-electron chi connectivity index (χ2n) is 6.06. The third-order valence-electron chi connectivity index (χ3n) is 3.55. The maximum Gasteiger partial charge on any atom is 0.246 e. The number of hydrogen-bond donors (Lipinski definition) is 0. The molecule has 0 N–H and O–H groups in total. The van der Waals surface area contributed by atoms with E-state index in [0.29, 0.717) is 0 Å². The van der Waals surface area contributed by atoms with Crippen LogP contribution in [0.1, 0.15) is 53.4 Å². The van der Waals surface area contributed by atoms with Crippen LogP contribution in [-0.2, 0) is 4.79 Å². The summed E-state index contributed by atoms with van der Waals surface area (Å²) in [5, 5.41) is 0. The molecule has 0 spiro atoms. The van der Waals surface area contributed by atoms with Crippen LogP contribution < -0.4 is 0 Å². The summed E-state index contributed by atoms with van der Waals surface area (Å²) in [7, 11) is 0. The lowest BCUT2D eigenvalue weighted by molar-refractivity contribution is -0.125. The van der Waals surface area contributed by atoms with Crippen molar-refractivity contribution in [3.63, 3.8) is 0 Å². The van der Waals surface area contributed by atoms with Crippen LogP contribution >= 0.6 is 0 Å². The summed E-state index contributed by atoms with van der Waals surface area (Å²) in [5.41, 5.74) is 2.74. The van der Waals surface area contributed by atoms with Gasteiger partial charge in [0.2, 0.25) is 5.91 Å². The Labute approximate surface area is 124 Å². The molecule has 2 nitrogen and oxygen atoms in total. The monoisotopic (exact) mass is 275 g/mol. The van der Waals surface area contributed by atoms with Gasteiger partial charge in [0, 0.05) is 13.1 Å². The molecule has 0 aromatic carbocycles. The second kappa shape index (κ2) is 8.78. The zero-order valence-electron chi connectivity index (χ0n) is 13.5. The fraction of sp³-hybridized carbons (Fsp3) is 0.611. The van der Waals surface area contributed by atoms with Crippen molar-refractivity contribution in [2.75, 3.05) is 13.1 Å². The Morgan fingerprint density at radius 2 is 1.90 bits per heavy atom. The molecule has 0 aliphatic heterocycles. The minimum atomic E-state index is 0.146. The third-order valence-corrected chi connectivity index (χ3v) is 3.55. The lowest BCUT2D eigenvalue weighted by Crippen LogP contribution is -2.31. The first-order valence-corrected chi connectivity index (χ1v) is 7.73. The molecular formula is C18H29NO. The molecule has 20 heavy (non-hydrogen) atoms. The van der Waals surface area contributed by atoms with Gasteiger partial charge in [-0.3, -0.25) is 4.79 Å². The van der Waals surface area contributed by atoms with Crippen LogP contribution in [0.3, 0.4) is 0 Å². The standard InChI is InChI=1S/C18H29NO/c1-5-7-18(20)19(14-17-10-11-17)13-12-16(4)9-6-8-15(2)3/h5,7-8,12,17H,6,9-11,13-14H2,1-4H3/b7-5+,16-12+. The zero-order chi connectivity index (χ0) is 15.0. The smallest absolute Gasteiger partial charge is 0.246 e. The summed E-state index contributed by atoms with van der Waals surface area (Å²) in [6, 6.07) is 0. The molecule has 0 aromatic rings. The normalized spacial score (nSPS) is 15.5. The van der Waals surface area contributed by atoms with Crippen LogP contribution in [0.5, 0.6) is 0 Å². The molecule has 0 aromatic heterocycles. The zero-order valence-corrected chi connectivity index (χ0v) is 13.5. The minimum absolute atomic E-state index is 0.146. The molecule has 0 bridgehead atoms. The van der Waals surface area contributed by atoms with Crippen molar-refractivity contribution in [2.45, 2.75) is 53.4 Å². The Kier molecular flexibility index (Phi) is 7.35. The van der Waals surface area contributed by atoms with E-state index in [2.05, 4.69) is 32.9 Å². The van der Waals surface area contributed by atoms with E-state index >= 15 is 0 Å². The van der Waals surface area contributed by atoms with E-state index in [1.54, 1.807) is 6.08 Å². The average molecular weight is 275 g/mol. The summed E-state index contributed by atoms with van der Waals surface area (Å²) in [4.78, 5) is 14.0. The van der Waals surface area contributed by atoms with Gasteiger partial charge in [0.25, 0.3) is 0 Å². The molecule has 1 amide bonds. The first kappa shape index (κ1) is 16.7. The van der Waals surface area contributed by atoms with Gasteiger partial charge in [0.05, 0.1) is 0 Å². The molecule has 1 rings (SSSR count). The fourth-order valence-electron chi connectivity index (χ4n) is 2.07. The Hall–Kier alpha value is -1.31.